The lowest BCUT2D eigenvalue weighted by atomic mass is 10.2. The second-order valence-electron chi connectivity index (χ2n) is 5.68. The molecule has 1 aromatic heterocycles. The van der Waals surface area contributed by atoms with Crippen LogP contribution in [0.2, 0.25) is 5.02 Å². The number of fused-ring (bicyclic) bond motifs is 1. The number of hydrogen-bond acceptors (Lipinski definition) is 6. The molecule has 0 spiro atoms. The number of benzene rings is 2. The standard InChI is InChI=1S/C19H14ClN3O4/c20-14-5-3-13(4-6-14)19-22-18(27-23-19)10-21-17(24)8-2-12-1-7-15-16(9-12)26-11-25-15/h1-9H,10-11H2,(H,21,24)/b8-2+. The summed E-state index contributed by atoms with van der Waals surface area (Å²) in [6.07, 6.45) is 3.11. The molecule has 4 rings (SSSR count). The van der Waals surface area contributed by atoms with E-state index in [4.69, 9.17) is 25.6 Å². The van der Waals surface area contributed by atoms with E-state index in [1.165, 1.54) is 6.08 Å². The summed E-state index contributed by atoms with van der Waals surface area (Å²) >= 11 is 5.86. The van der Waals surface area contributed by atoms with E-state index in [-0.39, 0.29) is 19.2 Å². The van der Waals surface area contributed by atoms with Crippen molar-refractivity contribution >= 4 is 23.6 Å². The zero-order valence-electron chi connectivity index (χ0n) is 14.0. The lowest BCUT2D eigenvalue weighted by molar-refractivity contribution is -0.116. The van der Waals surface area contributed by atoms with Crippen LogP contribution in [-0.4, -0.2) is 22.8 Å². The molecule has 1 aliphatic heterocycles. The summed E-state index contributed by atoms with van der Waals surface area (Å²) in [5.41, 5.74) is 1.61. The zero-order valence-corrected chi connectivity index (χ0v) is 14.8. The average Bonchev–Trinajstić information content (AvgIpc) is 3.34. The number of rotatable bonds is 5. The molecule has 27 heavy (non-hydrogen) atoms. The molecule has 2 heterocycles. The minimum Gasteiger partial charge on any atom is -0.454 e. The first-order valence-electron chi connectivity index (χ1n) is 8.11. The number of hydrogen-bond donors (Lipinski definition) is 1. The van der Waals surface area contributed by atoms with Crippen LogP contribution in [0.15, 0.2) is 53.1 Å². The Morgan fingerprint density at radius 1 is 1.15 bits per heavy atom. The first-order chi connectivity index (χ1) is 13.2. The minimum absolute atomic E-state index is 0.130. The van der Waals surface area contributed by atoms with Crippen molar-refractivity contribution in [3.63, 3.8) is 0 Å². The van der Waals surface area contributed by atoms with Crippen molar-refractivity contribution in [2.45, 2.75) is 6.54 Å². The molecule has 8 heteroatoms. The van der Waals surface area contributed by atoms with Crippen LogP contribution in [0.1, 0.15) is 11.5 Å². The Morgan fingerprint density at radius 3 is 2.81 bits per heavy atom. The monoisotopic (exact) mass is 383 g/mol. The largest absolute Gasteiger partial charge is 0.454 e. The van der Waals surface area contributed by atoms with Gasteiger partial charge in [-0.3, -0.25) is 4.79 Å². The second-order valence-corrected chi connectivity index (χ2v) is 6.12. The fraction of sp³-hybridized carbons (Fsp3) is 0.105. The molecule has 1 amide bonds. The van der Waals surface area contributed by atoms with E-state index in [0.717, 1.165) is 11.1 Å². The van der Waals surface area contributed by atoms with E-state index in [0.29, 0.717) is 28.2 Å². The first-order valence-corrected chi connectivity index (χ1v) is 8.49. The lowest BCUT2D eigenvalue weighted by Gasteiger charge is -1.99. The van der Waals surface area contributed by atoms with Crippen molar-refractivity contribution in [2.75, 3.05) is 6.79 Å². The molecule has 1 aliphatic rings. The Morgan fingerprint density at radius 2 is 1.96 bits per heavy atom. The maximum absolute atomic E-state index is 12.0. The van der Waals surface area contributed by atoms with Crippen LogP contribution in [0.4, 0.5) is 0 Å². The van der Waals surface area contributed by atoms with Gasteiger partial charge in [0, 0.05) is 16.7 Å². The Kier molecular flexibility index (Phi) is 4.76. The van der Waals surface area contributed by atoms with Gasteiger partial charge in [-0.1, -0.05) is 22.8 Å². The van der Waals surface area contributed by atoms with Crippen molar-refractivity contribution in [3.8, 4) is 22.9 Å². The minimum atomic E-state index is -0.279. The van der Waals surface area contributed by atoms with Gasteiger partial charge >= 0.3 is 0 Å². The molecule has 136 valence electrons. The summed E-state index contributed by atoms with van der Waals surface area (Å²) in [5.74, 6) is 1.83. The van der Waals surface area contributed by atoms with Gasteiger partial charge in [-0.05, 0) is 48.0 Å². The predicted molar refractivity (Wildman–Crippen MR) is 98.2 cm³/mol. The SMILES string of the molecule is O=C(/C=C/c1ccc2c(c1)OCO2)NCc1nc(-c2ccc(Cl)cc2)no1. The van der Waals surface area contributed by atoms with E-state index < -0.39 is 0 Å². The van der Waals surface area contributed by atoms with Crippen molar-refractivity contribution in [2.24, 2.45) is 0 Å². The summed E-state index contributed by atoms with van der Waals surface area (Å²) < 4.78 is 15.7. The number of nitrogens with one attached hydrogen (secondary N) is 1. The highest BCUT2D eigenvalue weighted by molar-refractivity contribution is 6.30. The van der Waals surface area contributed by atoms with Crippen LogP contribution in [0.25, 0.3) is 17.5 Å². The average molecular weight is 384 g/mol. The molecule has 0 bridgehead atoms. The van der Waals surface area contributed by atoms with Gasteiger partial charge in [0.2, 0.25) is 24.4 Å². The second kappa shape index (κ2) is 7.51. The number of halogens is 1. The van der Waals surface area contributed by atoms with Gasteiger partial charge in [0.15, 0.2) is 11.5 Å². The first kappa shape index (κ1) is 17.1. The van der Waals surface area contributed by atoms with E-state index in [1.807, 2.05) is 12.1 Å². The molecular formula is C19H14ClN3O4. The quantitative estimate of drug-likeness (QED) is 0.679. The molecule has 1 N–H and O–H groups in total. The van der Waals surface area contributed by atoms with Crippen molar-refractivity contribution in [1.82, 2.24) is 15.5 Å². The fourth-order valence-corrected chi connectivity index (χ4v) is 2.58. The molecule has 0 aliphatic carbocycles. The molecule has 0 fully saturated rings. The highest BCUT2D eigenvalue weighted by Crippen LogP contribution is 2.32. The number of carbonyl (C=O) groups is 1. The third kappa shape index (κ3) is 4.09. The van der Waals surface area contributed by atoms with Crippen molar-refractivity contribution < 1.29 is 18.8 Å². The molecule has 0 saturated carbocycles. The number of carbonyl (C=O) groups excluding carboxylic acids is 1. The van der Waals surface area contributed by atoms with Gasteiger partial charge in [0.1, 0.15) is 0 Å². The molecule has 0 radical (unpaired) electrons. The van der Waals surface area contributed by atoms with Crippen LogP contribution in [0.5, 0.6) is 11.5 Å². The lowest BCUT2D eigenvalue weighted by Crippen LogP contribution is -2.20. The highest BCUT2D eigenvalue weighted by Gasteiger charge is 2.12. The van der Waals surface area contributed by atoms with E-state index >= 15 is 0 Å². The third-order valence-electron chi connectivity index (χ3n) is 3.81. The Bertz CT molecular complexity index is 998. The maximum Gasteiger partial charge on any atom is 0.246 e. The molecular weight excluding hydrogens is 370 g/mol. The maximum atomic E-state index is 12.0. The van der Waals surface area contributed by atoms with Crippen molar-refractivity contribution in [3.05, 3.63) is 65.0 Å². The summed E-state index contributed by atoms with van der Waals surface area (Å²) in [6, 6.07) is 12.5. The van der Waals surface area contributed by atoms with E-state index in [9.17, 15) is 4.79 Å². The fourth-order valence-electron chi connectivity index (χ4n) is 2.45. The molecule has 0 saturated heterocycles. The molecule has 7 nitrogen and oxygen atoms in total. The molecule has 2 aromatic carbocycles. The number of ether oxygens (including phenoxy) is 2. The molecule has 0 atom stereocenters. The van der Waals surface area contributed by atoms with Gasteiger partial charge in [-0.15, -0.1) is 0 Å². The topological polar surface area (TPSA) is 86.5 Å². The summed E-state index contributed by atoms with van der Waals surface area (Å²) in [7, 11) is 0. The van der Waals surface area contributed by atoms with Crippen LogP contribution >= 0.6 is 11.6 Å². The van der Waals surface area contributed by atoms with Gasteiger partial charge < -0.3 is 19.3 Å². The van der Waals surface area contributed by atoms with Gasteiger partial charge in [0.05, 0.1) is 6.54 Å². The van der Waals surface area contributed by atoms with Crippen molar-refractivity contribution in [1.29, 1.82) is 0 Å². The van der Waals surface area contributed by atoms with Crippen LogP contribution in [0.3, 0.4) is 0 Å². The Labute approximate surface area is 159 Å². The Balaban J connectivity index is 1.33. The summed E-state index contributed by atoms with van der Waals surface area (Å²) in [4.78, 5) is 16.2. The smallest absolute Gasteiger partial charge is 0.246 e. The number of aromatic nitrogens is 2. The molecule has 3 aromatic rings. The van der Waals surface area contributed by atoms with Gasteiger partial charge in [-0.25, -0.2) is 0 Å². The number of amides is 1. The van der Waals surface area contributed by atoms with E-state index in [1.54, 1.807) is 36.4 Å². The van der Waals surface area contributed by atoms with Gasteiger partial charge in [-0.2, -0.15) is 4.98 Å². The van der Waals surface area contributed by atoms with Gasteiger partial charge in [0.25, 0.3) is 0 Å². The molecule has 0 unspecified atom stereocenters. The normalized spacial score (nSPS) is 12.5. The third-order valence-corrected chi connectivity index (χ3v) is 4.06. The number of nitrogens with zero attached hydrogens (tertiary/aromatic N) is 2. The Hall–Kier alpha value is -3.32. The zero-order chi connectivity index (χ0) is 18.6. The predicted octanol–water partition coefficient (Wildman–Crippen LogP) is 3.45. The highest BCUT2D eigenvalue weighted by atomic mass is 35.5. The summed E-state index contributed by atoms with van der Waals surface area (Å²) in [5, 5.41) is 7.22. The van der Waals surface area contributed by atoms with Crippen LogP contribution in [-0.2, 0) is 11.3 Å². The van der Waals surface area contributed by atoms with Crippen LogP contribution in [0, 0.1) is 0 Å². The van der Waals surface area contributed by atoms with E-state index in [2.05, 4.69) is 15.5 Å². The van der Waals surface area contributed by atoms with Crippen LogP contribution < -0.4 is 14.8 Å². The summed E-state index contributed by atoms with van der Waals surface area (Å²) in [6.45, 7) is 0.343.